The summed E-state index contributed by atoms with van der Waals surface area (Å²) in [6.07, 6.45) is 0. The van der Waals surface area contributed by atoms with Gasteiger partial charge in [-0.2, -0.15) is 0 Å². The van der Waals surface area contributed by atoms with Crippen LogP contribution in [0.15, 0.2) is 51.1 Å². The van der Waals surface area contributed by atoms with Gasteiger partial charge in [-0.05, 0) is 77.6 Å². The van der Waals surface area contributed by atoms with Crippen LogP contribution in [0.5, 0.6) is 0 Å². The number of rotatable bonds is 1. The fraction of sp³-hybridized carbons (Fsp3) is 0. The molecule has 0 bridgehead atoms. The van der Waals surface area contributed by atoms with E-state index in [0.29, 0.717) is 0 Å². The maximum atomic E-state index is 3.63. The lowest BCUT2D eigenvalue weighted by atomic mass is 10.1. The van der Waals surface area contributed by atoms with Gasteiger partial charge in [-0.15, -0.1) is 0 Å². The molecule has 0 N–H and O–H groups in total. The molecule has 0 aliphatic rings. The van der Waals surface area contributed by atoms with E-state index in [-0.39, 0.29) is 0 Å². The summed E-state index contributed by atoms with van der Waals surface area (Å²) in [4.78, 5) is 0. The number of hydrogen-bond acceptors (Lipinski definition) is 0. The molecule has 18 heavy (non-hydrogen) atoms. The molecule has 0 aliphatic heterocycles. The minimum absolute atomic E-state index is 0.997. The van der Waals surface area contributed by atoms with Gasteiger partial charge < -0.3 is 0 Å². The predicted molar refractivity (Wildman–Crippen MR) is 98.1 cm³/mol. The summed E-state index contributed by atoms with van der Waals surface area (Å²) in [6, 6.07) is 8.20. The largest absolute Gasteiger partial charge is 0.0508 e. The van der Waals surface area contributed by atoms with Crippen LogP contribution >= 0.6 is 95.6 Å². The minimum atomic E-state index is 0.997. The van der Waals surface area contributed by atoms with Gasteiger partial charge in [0.05, 0.1) is 0 Å². The van der Waals surface area contributed by atoms with Gasteiger partial charge in [-0.25, -0.2) is 0 Å². The van der Waals surface area contributed by atoms with Crippen molar-refractivity contribution in [2.24, 2.45) is 0 Å². The summed E-state index contributed by atoms with van der Waals surface area (Å²) in [5, 5.41) is 0. The standard InChI is InChI=1S/C12H4Br6/c13-6-1-5(2-7(14)3-6)10-8(15)4-9(16)11(17)12(10)18/h1-4H. The lowest BCUT2D eigenvalue weighted by molar-refractivity contribution is 1.47. The second-order valence-corrected chi connectivity index (χ2v) is 8.63. The van der Waals surface area contributed by atoms with Crippen LogP contribution in [0.3, 0.4) is 0 Å². The van der Waals surface area contributed by atoms with Crippen molar-refractivity contribution in [2.45, 2.75) is 0 Å². The van der Waals surface area contributed by atoms with Gasteiger partial charge in [0, 0.05) is 32.4 Å². The predicted octanol–water partition coefficient (Wildman–Crippen LogP) is 7.93. The highest BCUT2D eigenvalue weighted by atomic mass is 79.9. The molecule has 2 aromatic carbocycles. The smallest absolute Gasteiger partial charge is 0.0466 e. The third kappa shape index (κ3) is 3.31. The van der Waals surface area contributed by atoms with Crippen LogP contribution in [0.2, 0.25) is 0 Å². The molecule has 0 aliphatic carbocycles. The highest BCUT2D eigenvalue weighted by Gasteiger charge is 2.14. The number of halogens is 6. The average Bonchev–Trinajstić information content (AvgIpc) is 2.24. The van der Waals surface area contributed by atoms with Crippen molar-refractivity contribution in [3.05, 3.63) is 51.1 Å². The summed E-state index contributed by atoms with van der Waals surface area (Å²) >= 11 is 21.3. The average molecular weight is 628 g/mol. The molecular formula is C12H4Br6. The first kappa shape index (κ1) is 15.7. The van der Waals surface area contributed by atoms with Crippen LogP contribution in [0.4, 0.5) is 0 Å². The third-order valence-electron chi connectivity index (χ3n) is 2.27. The lowest BCUT2D eigenvalue weighted by Gasteiger charge is -2.12. The van der Waals surface area contributed by atoms with Crippen LogP contribution in [0.25, 0.3) is 11.1 Å². The molecule has 2 rings (SSSR count). The second kappa shape index (κ2) is 6.39. The maximum absolute atomic E-state index is 3.63. The minimum Gasteiger partial charge on any atom is -0.0508 e. The van der Waals surface area contributed by atoms with E-state index < -0.39 is 0 Å². The Hall–Kier alpha value is 1.32. The summed E-state index contributed by atoms with van der Waals surface area (Å²) in [6.45, 7) is 0. The molecule has 0 saturated carbocycles. The number of benzene rings is 2. The first-order valence-corrected chi connectivity index (χ1v) is 9.45. The topological polar surface area (TPSA) is 0 Å². The molecule has 0 unspecified atom stereocenters. The molecule has 2 aromatic rings. The van der Waals surface area contributed by atoms with Crippen LogP contribution < -0.4 is 0 Å². The molecule has 0 saturated heterocycles. The number of hydrogen-bond donors (Lipinski definition) is 0. The van der Waals surface area contributed by atoms with Gasteiger partial charge in [0.15, 0.2) is 0 Å². The lowest BCUT2D eigenvalue weighted by Crippen LogP contribution is -1.86. The van der Waals surface area contributed by atoms with Gasteiger partial charge in [0.1, 0.15) is 0 Å². The fourth-order valence-electron chi connectivity index (χ4n) is 1.53. The molecule has 0 heterocycles. The zero-order chi connectivity index (χ0) is 13.4. The van der Waals surface area contributed by atoms with E-state index >= 15 is 0 Å². The fourth-order valence-corrected chi connectivity index (χ4v) is 5.71. The van der Waals surface area contributed by atoms with E-state index in [2.05, 4.69) is 108 Å². The molecule has 0 atom stereocenters. The van der Waals surface area contributed by atoms with Crippen LogP contribution in [-0.4, -0.2) is 0 Å². The molecular weight excluding hydrogens is 624 g/mol. The van der Waals surface area contributed by atoms with Crippen molar-refractivity contribution in [3.8, 4) is 11.1 Å². The van der Waals surface area contributed by atoms with Crippen molar-refractivity contribution < 1.29 is 0 Å². The first-order valence-electron chi connectivity index (χ1n) is 4.69. The van der Waals surface area contributed by atoms with Gasteiger partial charge in [-0.1, -0.05) is 47.8 Å². The molecule has 0 radical (unpaired) electrons. The monoisotopic (exact) mass is 622 g/mol. The van der Waals surface area contributed by atoms with E-state index in [1.807, 2.05) is 12.1 Å². The van der Waals surface area contributed by atoms with Crippen molar-refractivity contribution in [3.63, 3.8) is 0 Å². The summed E-state index contributed by atoms with van der Waals surface area (Å²) in [5.41, 5.74) is 2.22. The van der Waals surface area contributed by atoms with Crippen molar-refractivity contribution in [2.75, 3.05) is 0 Å². The Morgan fingerprint density at radius 1 is 0.556 bits per heavy atom. The van der Waals surface area contributed by atoms with Gasteiger partial charge in [0.2, 0.25) is 0 Å². The Bertz CT molecular complexity index is 600. The zero-order valence-corrected chi connectivity index (χ0v) is 18.1. The van der Waals surface area contributed by atoms with E-state index in [1.54, 1.807) is 0 Å². The Kier molecular flexibility index (Phi) is 5.58. The molecule has 6 heteroatoms. The van der Waals surface area contributed by atoms with E-state index in [0.717, 1.165) is 38.0 Å². The van der Waals surface area contributed by atoms with Crippen molar-refractivity contribution in [1.29, 1.82) is 0 Å². The van der Waals surface area contributed by atoms with Crippen molar-refractivity contribution in [1.82, 2.24) is 0 Å². The van der Waals surface area contributed by atoms with Gasteiger partial charge >= 0.3 is 0 Å². The molecule has 0 fully saturated rings. The summed E-state index contributed by atoms with van der Waals surface area (Å²) in [7, 11) is 0. The zero-order valence-electron chi connectivity index (χ0n) is 8.58. The molecule has 0 aromatic heterocycles. The summed E-state index contributed by atoms with van der Waals surface area (Å²) in [5.74, 6) is 0. The Balaban J connectivity index is 2.75. The first-order chi connectivity index (χ1) is 8.40. The van der Waals surface area contributed by atoms with Crippen LogP contribution in [0.1, 0.15) is 0 Å². The highest BCUT2D eigenvalue weighted by Crippen LogP contribution is 2.44. The van der Waals surface area contributed by atoms with E-state index in [9.17, 15) is 0 Å². The molecule has 94 valence electrons. The second-order valence-electron chi connectivity index (χ2n) is 3.50. The normalized spacial score (nSPS) is 10.8. The quantitative estimate of drug-likeness (QED) is 0.223. The SMILES string of the molecule is Brc1cc(Br)cc(-c2c(Br)cc(Br)c(Br)c2Br)c1. The Morgan fingerprint density at radius 3 is 1.67 bits per heavy atom. The van der Waals surface area contributed by atoms with Crippen LogP contribution in [0, 0.1) is 0 Å². The Labute approximate surface area is 156 Å². The van der Waals surface area contributed by atoms with Crippen molar-refractivity contribution >= 4 is 95.6 Å². The van der Waals surface area contributed by atoms with E-state index in [4.69, 9.17) is 0 Å². The summed E-state index contributed by atoms with van der Waals surface area (Å²) < 4.78 is 6.09. The molecule has 0 spiro atoms. The van der Waals surface area contributed by atoms with E-state index in [1.165, 1.54) is 0 Å². The highest BCUT2D eigenvalue weighted by molar-refractivity contribution is 9.14. The molecule has 0 amide bonds. The van der Waals surface area contributed by atoms with Gasteiger partial charge in [0.25, 0.3) is 0 Å². The van der Waals surface area contributed by atoms with Crippen LogP contribution in [-0.2, 0) is 0 Å². The molecule has 0 nitrogen and oxygen atoms in total. The van der Waals surface area contributed by atoms with Gasteiger partial charge in [-0.3, -0.25) is 0 Å². The maximum Gasteiger partial charge on any atom is 0.0466 e. The Morgan fingerprint density at radius 2 is 1.11 bits per heavy atom. The third-order valence-corrected chi connectivity index (χ3v) is 7.11.